The van der Waals surface area contributed by atoms with Crippen LogP contribution in [0.25, 0.3) is 0 Å². The Labute approximate surface area is 68.8 Å². The second-order valence-electron chi connectivity index (χ2n) is 3.02. The Bertz CT molecular complexity index is 88.2. The van der Waals surface area contributed by atoms with Crippen LogP contribution in [-0.2, 0) is 0 Å². The van der Waals surface area contributed by atoms with E-state index in [0.29, 0.717) is 6.54 Å². The summed E-state index contributed by atoms with van der Waals surface area (Å²) in [5.41, 5.74) is 11.0. The van der Waals surface area contributed by atoms with Crippen LogP contribution in [0.1, 0.15) is 32.6 Å². The second kappa shape index (κ2) is 6.58. The van der Waals surface area contributed by atoms with Crippen molar-refractivity contribution < 1.29 is 5.11 Å². The maximum atomic E-state index is 9.09. The summed E-state index contributed by atoms with van der Waals surface area (Å²) >= 11 is 0. The molecule has 3 nitrogen and oxygen atoms in total. The molecule has 0 radical (unpaired) electrons. The molecule has 0 aliphatic carbocycles. The minimum Gasteiger partial charge on any atom is -0.392 e. The van der Waals surface area contributed by atoms with Crippen LogP contribution in [0.15, 0.2) is 0 Å². The molecule has 0 saturated carbocycles. The molecule has 0 aliphatic rings. The zero-order chi connectivity index (χ0) is 8.69. The molecular formula is C8H20N2O. The fourth-order valence-corrected chi connectivity index (χ4v) is 1.04. The lowest BCUT2D eigenvalue weighted by molar-refractivity contribution is 0.166. The molecule has 0 aromatic heterocycles. The van der Waals surface area contributed by atoms with E-state index in [1.54, 1.807) is 0 Å². The summed E-state index contributed by atoms with van der Waals surface area (Å²) < 4.78 is 0. The summed E-state index contributed by atoms with van der Waals surface area (Å²) in [6.45, 7) is 2.46. The van der Waals surface area contributed by atoms with Gasteiger partial charge in [0.2, 0.25) is 0 Å². The Morgan fingerprint density at radius 3 is 2.36 bits per heavy atom. The van der Waals surface area contributed by atoms with Crippen LogP contribution in [0.3, 0.4) is 0 Å². The lowest BCUT2D eigenvalue weighted by Crippen LogP contribution is -2.25. The Hall–Kier alpha value is -0.120. The fourth-order valence-electron chi connectivity index (χ4n) is 1.04. The van der Waals surface area contributed by atoms with E-state index in [0.717, 1.165) is 25.7 Å². The molecule has 0 heterocycles. The zero-order valence-electron chi connectivity index (χ0n) is 7.29. The van der Waals surface area contributed by atoms with Crippen LogP contribution in [0, 0.1) is 0 Å². The number of aliphatic hydroxyl groups excluding tert-OH is 1. The Morgan fingerprint density at radius 2 is 1.91 bits per heavy atom. The van der Waals surface area contributed by atoms with Crippen molar-refractivity contribution in [1.82, 2.24) is 0 Å². The van der Waals surface area contributed by atoms with Gasteiger partial charge in [-0.3, -0.25) is 0 Å². The minimum absolute atomic E-state index is 0.237. The van der Waals surface area contributed by atoms with Gasteiger partial charge in [-0.05, 0) is 19.3 Å². The van der Waals surface area contributed by atoms with Gasteiger partial charge in [-0.15, -0.1) is 0 Å². The van der Waals surface area contributed by atoms with Gasteiger partial charge in [-0.2, -0.15) is 0 Å². The Kier molecular flexibility index (Phi) is 6.51. The predicted molar refractivity (Wildman–Crippen MR) is 47.2 cm³/mol. The predicted octanol–water partition coefficient (Wildman–Crippen LogP) is 0.214. The van der Waals surface area contributed by atoms with E-state index in [4.69, 9.17) is 16.6 Å². The molecule has 0 amide bonds. The van der Waals surface area contributed by atoms with E-state index >= 15 is 0 Å². The SMILES string of the molecule is CCC[C@@H](N)CC[C@@H](O)CN. The standard InChI is InChI=1S/C8H20N2O/c1-2-3-7(10)4-5-8(11)6-9/h7-8,11H,2-6,9-10H2,1H3/t7-,8-/m1/s1. The molecule has 11 heavy (non-hydrogen) atoms. The molecule has 68 valence electrons. The van der Waals surface area contributed by atoms with E-state index in [1.807, 2.05) is 0 Å². The maximum Gasteiger partial charge on any atom is 0.0663 e. The molecule has 0 aromatic carbocycles. The maximum absolute atomic E-state index is 9.09. The first kappa shape index (κ1) is 10.9. The van der Waals surface area contributed by atoms with Crippen LogP contribution in [-0.4, -0.2) is 23.8 Å². The first-order valence-corrected chi connectivity index (χ1v) is 4.34. The highest BCUT2D eigenvalue weighted by Gasteiger charge is 2.05. The number of rotatable bonds is 6. The molecule has 0 rings (SSSR count). The van der Waals surface area contributed by atoms with Crippen LogP contribution in [0.4, 0.5) is 0 Å². The van der Waals surface area contributed by atoms with Gasteiger partial charge in [0.1, 0.15) is 0 Å². The monoisotopic (exact) mass is 160 g/mol. The van der Waals surface area contributed by atoms with Crippen molar-refractivity contribution in [3.63, 3.8) is 0 Å². The van der Waals surface area contributed by atoms with Crippen molar-refractivity contribution in [2.45, 2.75) is 44.8 Å². The second-order valence-corrected chi connectivity index (χ2v) is 3.02. The molecule has 0 saturated heterocycles. The molecular weight excluding hydrogens is 140 g/mol. The van der Waals surface area contributed by atoms with Crippen LogP contribution in [0.5, 0.6) is 0 Å². The molecule has 0 unspecified atom stereocenters. The highest BCUT2D eigenvalue weighted by Crippen LogP contribution is 2.03. The molecule has 0 fully saturated rings. The number of nitrogens with two attached hydrogens (primary N) is 2. The van der Waals surface area contributed by atoms with E-state index in [1.165, 1.54) is 0 Å². The van der Waals surface area contributed by atoms with Gasteiger partial charge < -0.3 is 16.6 Å². The average molecular weight is 160 g/mol. The van der Waals surface area contributed by atoms with E-state index < -0.39 is 0 Å². The average Bonchev–Trinajstić information content (AvgIpc) is 2.01. The lowest BCUT2D eigenvalue weighted by atomic mass is 10.0. The molecule has 0 bridgehead atoms. The molecule has 2 atom stereocenters. The summed E-state index contributed by atoms with van der Waals surface area (Å²) in [5.74, 6) is 0. The van der Waals surface area contributed by atoms with E-state index in [2.05, 4.69) is 6.92 Å². The third kappa shape index (κ3) is 6.28. The highest BCUT2D eigenvalue weighted by molar-refractivity contribution is 4.64. The summed E-state index contributed by atoms with van der Waals surface area (Å²) in [5, 5.41) is 9.09. The summed E-state index contributed by atoms with van der Waals surface area (Å²) in [7, 11) is 0. The Balaban J connectivity index is 3.22. The normalized spacial score (nSPS) is 16.4. The van der Waals surface area contributed by atoms with Crippen LogP contribution < -0.4 is 11.5 Å². The van der Waals surface area contributed by atoms with Crippen molar-refractivity contribution in [2.24, 2.45) is 11.5 Å². The fraction of sp³-hybridized carbons (Fsp3) is 1.00. The molecule has 5 N–H and O–H groups in total. The molecule has 0 spiro atoms. The summed E-state index contributed by atoms with van der Waals surface area (Å²) in [6, 6.07) is 0.237. The molecule has 3 heteroatoms. The van der Waals surface area contributed by atoms with Crippen LogP contribution >= 0.6 is 0 Å². The number of hydrogen-bond donors (Lipinski definition) is 3. The quantitative estimate of drug-likeness (QED) is 0.520. The first-order chi connectivity index (χ1) is 5.20. The smallest absolute Gasteiger partial charge is 0.0663 e. The summed E-state index contributed by atoms with van der Waals surface area (Å²) in [6.07, 6.45) is 3.40. The largest absolute Gasteiger partial charge is 0.392 e. The highest BCUT2D eigenvalue weighted by atomic mass is 16.3. The topological polar surface area (TPSA) is 72.3 Å². The van der Waals surface area contributed by atoms with Crippen molar-refractivity contribution in [3.05, 3.63) is 0 Å². The van der Waals surface area contributed by atoms with E-state index in [9.17, 15) is 0 Å². The van der Waals surface area contributed by atoms with Gasteiger partial charge >= 0.3 is 0 Å². The van der Waals surface area contributed by atoms with Gasteiger partial charge in [-0.1, -0.05) is 13.3 Å². The zero-order valence-corrected chi connectivity index (χ0v) is 7.29. The number of aliphatic hydroxyl groups is 1. The number of hydrogen-bond acceptors (Lipinski definition) is 3. The third-order valence-electron chi connectivity index (χ3n) is 1.80. The van der Waals surface area contributed by atoms with Crippen LogP contribution in [0.2, 0.25) is 0 Å². The van der Waals surface area contributed by atoms with Crippen molar-refractivity contribution in [1.29, 1.82) is 0 Å². The van der Waals surface area contributed by atoms with E-state index in [-0.39, 0.29) is 12.1 Å². The molecule has 0 aromatic rings. The lowest BCUT2D eigenvalue weighted by Gasteiger charge is -2.12. The van der Waals surface area contributed by atoms with Gasteiger partial charge in [-0.25, -0.2) is 0 Å². The van der Waals surface area contributed by atoms with Crippen molar-refractivity contribution in [3.8, 4) is 0 Å². The first-order valence-electron chi connectivity index (χ1n) is 4.34. The van der Waals surface area contributed by atoms with Crippen molar-refractivity contribution in [2.75, 3.05) is 6.54 Å². The third-order valence-corrected chi connectivity index (χ3v) is 1.80. The van der Waals surface area contributed by atoms with Gasteiger partial charge in [0, 0.05) is 12.6 Å². The van der Waals surface area contributed by atoms with Gasteiger partial charge in [0.25, 0.3) is 0 Å². The minimum atomic E-state index is -0.363. The Morgan fingerprint density at radius 1 is 1.27 bits per heavy atom. The van der Waals surface area contributed by atoms with Gasteiger partial charge in [0.05, 0.1) is 6.10 Å². The molecule has 0 aliphatic heterocycles. The summed E-state index contributed by atoms with van der Waals surface area (Å²) in [4.78, 5) is 0. The van der Waals surface area contributed by atoms with Crippen molar-refractivity contribution >= 4 is 0 Å². The van der Waals surface area contributed by atoms with Gasteiger partial charge in [0.15, 0.2) is 0 Å².